The molecule has 0 aliphatic carbocycles. The summed E-state index contributed by atoms with van der Waals surface area (Å²) in [4.78, 5) is 14.8. The summed E-state index contributed by atoms with van der Waals surface area (Å²) in [5.74, 6) is 0.642. The van der Waals surface area contributed by atoms with Crippen molar-refractivity contribution in [2.45, 2.75) is 0 Å². The molecule has 6 nitrogen and oxygen atoms in total. The van der Waals surface area contributed by atoms with Crippen LogP contribution in [0.4, 0.5) is 5.69 Å². The summed E-state index contributed by atoms with van der Waals surface area (Å²) in [6.45, 7) is 0. The number of nitrogens with zero attached hydrogens (tertiary/aromatic N) is 2. The molecule has 0 saturated carbocycles. The molecule has 0 aliphatic rings. The van der Waals surface area contributed by atoms with Crippen molar-refractivity contribution in [3.8, 4) is 5.75 Å². The quantitative estimate of drug-likeness (QED) is 0.495. The average Bonchev–Trinajstić information content (AvgIpc) is 2.31. The van der Waals surface area contributed by atoms with Gasteiger partial charge in [-0.25, -0.2) is 4.99 Å². The van der Waals surface area contributed by atoms with Gasteiger partial charge < -0.3 is 21.1 Å². The molecule has 0 spiro atoms. The molecule has 100 valence electrons. The molecule has 0 aliphatic heterocycles. The number of hydrogen-bond donors (Lipinski definition) is 2. The normalized spacial score (nSPS) is 8.67. The largest absolute Gasteiger partial charge is 0.494 e. The van der Waals surface area contributed by atoms with Crippen molar-refractivity contribution >= 4 is 34.0 Å². The Hall–Kier alpha value is -1.76. The summed E-state index contributed by atoms with van der Waals surface area (Å²) >= 11 is 3.31. The summed E-state index contributed by atoms with van der Waals surface area (Å²) in [5, 5.41) is 0. The maximum absolute atomic E-state index is 9.43. The van der Waals surface area contributed by atoms with Gasteiger partial charge >= 0.3 is 0 Å². The molecule has 18 heavy (non-hydrogen) atoms. The fraction of sp³-hybridized carbons (Fsp3) is 0.273. The number of guanidine groups is 1. The van der Waals surface area contributed by atoms with E-state index in [1.54, 1.807) is 33.3 Å². The highest BCUT2D eigenvalue weighted by molar-refractivity contribution is 9.10. The Morgan fingerprint density at radius 3 is 2.39 bits per heavy atom. The topological polar surface area (TPSA) is 93.9 Å². The lowest BCUT2D eigenvalue weighted by Gasteiger charge is -2.04. The van der Waals surface area contributed by atoms with Gasteiger partial charge in [-0.1, -0.05) is 15.9 Å². The van der Waals surface area contributed by atoms with Crippen molar-refractivity contribution in [3.05, 3.63) is 22.7 Å². The van der Waals surface area contributed by atoms with Crippen molar-refractivity contribution < 1.29 is 9.53 Å². The third-order valence-corrected chi connectivity index (χ3v) is 2.10. The zero-order valence-corrected chi connectivity index (χ0v) is 12.1. The smallest absolute Gasteiger partial charge is 0.209 e. The minimum atomic E-state index is 0.0145. The molecule has 1 aromatic rings. The van der Waals surface area contributed by atoms with Gasteiger partial charge in [0.15, 0.2) is 5.96 Å². The second-order valence-corrected chi connectivity index (χ2v) is 4.34. The predicted molar refractivity (Wildman–Crippen MR) is 75.9 cm³/mol. The van der Waals surface area contributed by atoms with Gasteiger partial charge in [0.25, 0.3) is 0 Å². The molecule has 0 aromatic heterocycles. The second kappa shape index (κ2) is 8.35. The van der Waals surface area contributed by atoms with Crippen LogP contribution in [0.25, 0.3) is 0 Å². The van der Waals surface area contributed by atoms with E-state index in [0.717, 1.165) is 10.9 Å². The highest BCUT2D eigenvalue weighted by atomic mass is 79.9. The van der Waals surface area contributed by atoms with E-state index >= 15 is 0 Å². The van der Waals surface area contributed by atoms with Gasteiger partial charge in [-0.15, -0.1) is 0 Å². The third kappa shape index (κ3) is 6.74. The molecular weight excluding hydrogens is 300 g/mol. The maximum atomic E-state index is 9.43. The number of hydrogen-bond acceptors (Lipinski definition) is 3. The molecule has 1 rings (SSSR count). The van der Waals surface area contributed by atoms with Gasteiger partial charge in [0, 0.05) is 18.6 Å². The molecule has 4 N–H and O–H groups in total. The van der Waals surface area contributed by atoms with Crippen molar-refractivity contribution in [3.63, 3.8) is 0 Å². The van der Waals surface area contributed by atoms with Crippen LogP contribution in [0.15, 0.2) is 27.7 Å². The molecule has 1 amide bonds. The van der Waals surface area contributed by atoms with Crippen LogP contribution in [0.5, 0.6) is 5.75 Å². The van der Waals surface area contributed by atoms with Crippen LogP contribution < -0.4 is 16.2 Å². The van der Waals surface area contributed by atoms with Crippen LogP contribution in [-0.4, -0.2) is 38.5 Å². The fourth-order valence-corrected chi connectivity index (χ4v) is 1.22. The highest BCUT2D eigenvalue weighted by Gasteiger charge is 2.01. The lowest BCUT2D eigenvalue weighted by Crippen LogP contribution is -2.21. The third-order valence-electron chi connectivity index (χ3n) is 1.60. The van der Waals surface area contributed by atoms with Crippen LogP contribution in [0, 0.1) is 0 Å². The first kappa shape index (κ1) is 16.2. The SMILES string of the molecule is CN(C)C=O.COc1cc(Br)ccc1N=C(N)N. The number of halogens is 1. The maximum Gasteiger partial charge on any atom is 0.209 e. The van der Waals surface area contributed by atoms with Gasteiger partial charge in [-0.05, 0) is 18.2 Å². The Bertz CT molecular complexity index is 418. The number of amides is 1. The van der Waals surface area contributed by atoms with E-state index in [2.05, 4.69) is 20.9 Å². The molecule has 0 heterocycles. The molecule has 0 saturated heterocycles. The van der Waals surface area contributed by atoms with E-state index in [1.165, 1.54) is 4.90 Å². The summed E-state index contributed by atoms with van der Waals surface area (Å²) in [5.41, 5.74) is 11.1. The first-order valence-electron chi connectivity index (χ1n) is 4.95. The summed E-state index contributed by atoms with van der Waals surface area (Å²) < 4.78 is 5.99. The minimum Gasteiger partial charge on any atom is -0.494 e. The number of carbonyl (C=O) groups excluding carboxylic acids is 1. The molecule has 0 unspecified atom stereocenters. The van der Waals surface area contributed by atoms with Crippen molar-refractivity contribution in [1.29, 1.82) is 0 Å². The molecule has 0 atom stereocenters. The van der Waals surface area contributed by atoms with Crippen LogP contribution in [0.2, 0.25) is 0 Å². The number of aliphatic imine (C=N–C) groups is 1. The van der Waals surface area contributed by atoms with Crippen LogP contribution in [0.3, 0.4) is 0 Å². The Balaban J connectivity index is 0.000000494. The highest BCUT2D eigenvalue weighted by Crippen LogP contribution is 2.30. The predicted octanol–water partition coefficient (Wildman–Crippen LogP) is 1.07. The molecular formula is C11H17BrN4O2. The van der Waals surface area contributed by atoms with Gasteiger partial charge in [-0.2, -0.15) is 0 Å². The summed E-state index contributed by atoms with van der Waals surface area (Å²) in [6.07, 6.45) is 0.750. The number of ether oxygens (including phenoxy) is 1. The number of rotatable bonds is 3. The van der Waals surface area contributed by atoms with Crippen LogP contribution >= 0.6 is 15.9 Å². The monoisotopic (exact) mass is 316 g/mol. The van der Waals surface area contributed by atoms with E-state index in [-0.39, 0.29) is 5.96 Å². The fourth-order valence-electron chi connectivity index (χ4n) is 0.883. The zero-order valence-electron chi connectivity index (χ0n) is 10.6. The second-order valence-electron chi connectivity index (χ2n) is 3.42. The first-order valence-corrected chi connectivity index (χ1v) is 5.75. The van der Waals surface area contributed by atoms with Gasteiger partial charge in [0.1, 0.15) is 11.4 Å². The number of benzene rings is 1. The van der Waals surface area contributed by atoms with Gasteiger partial charge in [0.05, 0.1) is 7.11 Å². The Morgan fingerprint density at radius 2 is 2.00 bits per heavy atom. The standard InChI is InChI=1S/C8H10BrN3O.C3H7NO/c1-13-7-4-5(9)2-3-6(7)12-8(10)11;1-4(2)3-5/h2-4H,1H3,(H4,10,11,12);3H,1-2H3. The number of methoxy groups -OCH3 is 1. The minimum absolute atomic E-state index is 0.0145. The number of nitrogens with two attached hydrogens (primary N) is 2. The lowest BCUT2D eigenvalue weighted by atomic mass is 10.3. The average molecular weight is 317 g/mol. The van der Waals surface area contributed by atoms with E-state index < -0.39 is 0 Å². The van der Waals surface area contributed by atoms with E-state index in [4.69, 9.17) is 16.2 Å². The first-order chi connectivity index (χ1) is 8.40. The van der Waals surface area contributed by atoms with Gasteiger partial charge in [-0.3, -0.25) is 4.79 Å². The van der Waals surface area contributed by atoms with E-state index in [9.17, 15) is 4.79 Å². The summed E-state index contributed by atoms with van der Waals surface area (Å²) in [6, 6.07) is 5.40. The molecule has 0 bridgehead atoms. The molecule has 0 fully saturated rings. The Kier molecular flexibility index (Phi) is 7.53. The van der Waals surface area contributed by atoms with Crippen molar-refractivity contribution in [2.75, 3.05) is 21.2 Å². The van der Waals surface area contributed by atoms with E-state index in [0.29, 0.717) is 11.4 Å². The number of carbonyl (C=O) groups is 1. The van der Waals surface area contributed by atoms with Crippen LogP contribution in [0.1, 0.15) is 0 Å². The van der Waals surface area contributed by atoms with Crippen molar-refractivity contribution in [1.82, 2.24) is 4.90 Å². The molecule has 0 radical (unpaired) electrons. The Labute approximate surface area is 115 Å². The molecule has 7 heteroatoms. The lowest BCUT2D eigenvalue weighted by molar-refractivity contribution is -0.115. The van der Waals surface area contributed by atoms with Gasteiger partial charge in [0.2, 0.25) is 6.41 Å². The summed E-state index contributed by atoms with van der Waals surface area (Å²) in [7, 11) is 4.94. The zero-order chi connectivity index (χ0) is 14.1. The molecule has 1 aromatic carbocycles. The van der Waals surface area contributed by atoms with Crippen molar-refractivity contribution in [2.24, 2.45) is 16.5 Å². The van der Waals surface area contributed by atoms with Crippen LogP contribution in [-0.2, 0) is 4.79 Å². The van der Waals surface area contributed by atoms with E-state index in [1.807, 2.05) is 6.07 Å². The Morgan fingerprint density at radius 1 is 1.44 bits per heavy atom.